The van der Waals surface area contributed by atoms with Crippen molar-refractivity contribution in [3.63, 3.8) is 0 Å². The van der Waals surface area contributed by atoms with Crippen LogP contribution < -0.4 is 10.6 Å². The molecule has 3 rings (SSSR count). The maximum Gasteiger partial charge on any atom is 0.313 e. The summed E-state index contributed by atoms with van der Waals surface area (Å²) in [6.07, 6.45) is 4.80. The topological polar surface area (TPSA) is 101 Å². The number of carbonyl (C=O) groups is 2. The number of nitro benzene ring substituents is 1. The molecule has 2 amide bonds. The normalized spacial score (nSPS) is 25.4. The van der Waals surface area contributed by atoms with Gasteiger partial charge in [-0.3, -0.25) is 19.7 Å². The van der Waals surface area contributed by atoms with Crippen molar-refractivity contribution in [2.24, 2.45) is 17.8 Å². The number of amides is 2. The number of carbonyl (C=O) groups excluding carboxylic acids is 2. The van der Waals surface area contributed by atoms with Gasteiger partial charge in [0.1, 0.15) is 0 Å². The summed E-state index contributed by atoms with van der Waals surface area (Å²) in [5.74, 6) is 0.175. The summed E-state index contributed by atoms with van der Waals surface area (Å²) in [5, 5.41) is 16.0. The zero-order chi connectivity index (χ0) is 18.1. The lowest BCUT2D eigenvalue weighted by Gasteiger charge is -2.28. The Kier molecular flexibility index (Phi) is 4.94. The molecule has 0 aliphatic heterocycles. The first-order valence-electron chi connectivity index (χ1n) is 8.41. The van der Waals surface area contributed by atoms with Gasteiger partial charge in [0.2, 0.25) is 0 Å². The van der Waals surface area contributed by atoms with Gasteiger partial charge >= 0.3 is 11.8 Å². The van der Waals surface area contributed by atoms with Crippen molar-refractivity contribution in [2.75, 3.05) is 5.32 Å². The zero-order valence-corrected chi connectivity index (χ0v) is 14.6. The summed E-state index contributed by atoms with van der Waals surface area (Å²) < 4.78 is 0. The van der Waals surface area contributed by atoms with Crippen molar-refractivity contribution >= 4 is 34.8 Å². The number of nitrogens with one attached hydrogen (secondary N) is 2. The van der Waals surface area contributed by atoms with Gasteiger partial charge in [-0.1, -0.05) is 18.0 Å². The van der Waals surface area contributed by atoms with Gasteiger partial charge in [0, 0.05) is 18.2 Å². The fourth-order valence-electron chi connectivity index (χ4n) is 4.19. The highest BCUT2D eigenvalue weighted by Gasteiger charge is 2.42. The zero-order valence-electron chi connectivity index (χ0n) is 13.8. The van der Waals surface area contributed by atoms with E-state index in [1.54, 1.807) is 0 Å². The van der Waals surface area contributed by atoms with Gasteiger partial charge in [-0.2, -0.15) is 0 Å². The predicted octanol–water partition coefficient (Wildman–Crippen LogP) is 3.13. The van der Waals surface area contributed by atoms with Crippen LogP contribution in [0.4, 0.5) is 11.4 Å². The molecular formula is C17H20ClN3O4. The van der Waals surface area contributed by atoms with Crippen molar-refractivity contribution in [1.29, 1.82) is 0 Å². The third-order valence-corrected chi connectivity index (χ3v) is 5.74. The third-order valence-electron chi connectivity index (χ3n) is 5.41. The van der Waals surface area contributed by atoms with E-state index < -0.39 is 16.7 Å². The average Bonchev–Trinajstić information content (AvgIpc) is 3.19. The van der Waals surface area contributed by atoms with Gasteiger partial charge in [0.25, 0.3) is 5.69 Å². The van der Waals surface area contributed by atoms with Gasteiger partial charge in [-0.15, -0.1) is 0 Å². The molecule has 0 radical (unpaired) electrons. The number of hydrogen-bond acceptors (Lipinski definition) is 4. The average molecular weight is 366 g/mol. The Labute approximate surface area is 150 Å². The van der Waals surface area contributed by atoms with Crippen LogP contribution in [0.25, 0.3) is 0 Å². The van der Waals surface area contributed by atoms with Crippen molar-refractivity contribution in [3.8, 4) is 0 Å². The number of fused-ring (bicyclic) bond motifs is 2. The lowest BCUT2D eigenvalue weighted by atomic mass is 9.84. The smallest absolute Gasteiger partial charge is 0.313 e. The molecule has 0 aromatic heterocycles. The lowest BCUT2D eigenvalue weighted by Crippen LogP contribution is -2.45. The second-order valence-electron chi connectivity index (χ2n) is 6.98. The van der Waals surface area contributed by atoms with E-state index in [4.69, 9.17) is 11.6 Å². The van der Waals surface area contributed by atoms with E-state index in [-0.39, 0.29) is 22.4 Å². The van der Waals surface area contributed by atoms with E-state index in [0.717, 1.165) is 18.4 Å². The van der Waals surface area contributed by atoms with E-state index >= 15 is 0 Å². The molecule has 0 saturated heterocycles. The Morgan fingerprint density at radius 1 is 1.28 bits per heavy atom. The van der Waals surface area contributed by atoms with Crippen LogP contribution in [0.5, 0.6) is 0 Å². The number of rotatable bonds is 4. The molecule has 4 unspecified atom stereocenters. The molecule has 134 valence electrons. The highest BCUT2D eigenvalue weighted by molar-refractivity contribution is 6.41. The van der Waals surface area contributed by atoms with Gasteiger partial charge in [-0.25, -0.2) is 0 Å². The molecule has 0 spiro atoms. The molecule has 1 aromatic carbocycles. The van der Waals surface area contributed by atoms with Crippen molar-refractivity contribution < 1.29 is 14.5 Å². The summed E-state index contributed by atoms with van der Waals surface area (Å²) in [5.41, 5.74) is -0.168. The third kappa shape index (κ3) is 3.76. The van der Waals surface area contributed by atoms with Crippen molar-refractivity contribution in [2.45, 2.75) is 38.6 Å². The quantitative estimate of drug-likeness (QED) is 0.486. The van der Waals surface area contributed by atoms with Gasteiger partial charge < -0.3 is 10.6 Å². The summed E-state index contributed by atoms with van der Waals surface area (Å²) in [6.45, 7) is 1.93. The molecule has 2 fully saturated rings. The molecule has 2 bridgehead atoms. The monoisotopic (exact) mass is 365 g/mol. The molecular weight excluding hydrogens is 346 g/mol. The minimum Gasteiger partial charge on any atom is -0.345 e. The Morgan fingerprint density at radius 3 is 2.64 bits per heavy atom. The lowest BCUT2D eigenvalue weighted by molar-refractivity contribution is -0.384. The first kappa shape index (κ1) is 17.7. The number of halogens is 1. The summed E-state index contributed by atoms with van der Waals surface area (Å²) in [6, 6.07) is 3.60. The van der Waals surface area contributed by atoms with E-state index in [1.807, 2.05) is 6.92 Å². The van der Waals surface area contributed by atoms with Crippen LogP contribution in [-0.2, 0) is 9.59 Å². The van der Waals surface area contributed by atoms with Crippen molar-refractivity contribution in [3.05, 3.63) is 33.3 Å². The van der Waals surface area contributed by atoms with E-state index in [0.29, 0.717) is 11.8 Å². The van der Waals surface area contributed by atoms with Gasteiger partial charge in [-0.05, 0) is 50.0 Å². The molecule has 1 aromatic rings. The van der Waals surface area contributed by atoms with Crippen LogP contribution in [0.3, 0.4) is 0 Å². The first-order valence-corrected chi connectivity index (χ1v) is 8.78. The summed E-state index contributed by atoms with van der Waals surface area (Å²) >= 11 is 5.93. The molecule has 25 heavy (non-hydrogen) atoms. The number of anilines is 1. The Morgan fingerprint density at radius 2 is 2.04 bits per heavy atom. The number of non-ortho nitro benzene ring substituents is 1. The Hall–Kier alpha value is -2.15. The Balaban J connectivity index is 1.60. The van der Waals surface area contributed by atoms with Gasteiger partial charge in [0.05, 0.1) is 15.6 Å². The minimum atomic E-state index is -0.877. The Bertz CT molecular complexity index is 724. The van der Waals surface area contributed by atoms with Crippen LogP contribution in [0.1, 0.15) is 32.6 Å². The molecule has 2 aliphatic rings. The van der Waals surface area contributed by atoms with E-state index in [9.17, 15) is 19.7 Å². The SMILES string of the molecule is CC(NC(=O)C(=O)Nc1cc([N+](=O)[O-])ccc1Cl)C1CC2CCC1C2. The maximum absolute atomic E-state index is 12.2. The molecule has 2 aliphatic carbocycles. The van der Waals surface area contributed by atoms with Crippen LogP contribution in [0.2, 0.25) is 5.02 Å². The fraction of sp³-hybridized carbons (Fsp3) is 0.529. The molecule has 8 heteroatoms. The van der Waals surface area contributed by atoms with Crippen molar-refractivity contribution in [1.82, 2.24) is 5.32 Å². The summed E-state index contributed by atoms with van der Waals surface area (Å²) in [4.78, 5) is 34.5. The largest absolute Gasteiger partial charge is 0.345 e. The number of benzene rings is 1. The number of nitro groups is 1. The predicted molar refractivity (Wildman–Crippen MR) is 93.3 cm³/mol. The van der Waals surface area contributed by atoms with E-state index in [2.05, 4.69) is 10.6 Å². The highest BCUT2D eigenvalue weighted by Crippen LogP contribution is 2.49. The van der Waals surface area contributed by atoms with Crippen LogP contribution in [-0.4, -0.2) is 22.8 Å². The van der Waals surface area contributed by atoms with Crippen LogP contribution in [0.15, 0.2) is 18.2 Å². The van der Waals surface area contributed by atoms with Gasteiger partial charge in [0.15, 0.2) is 0 Å². The number of hydrogen-bond donors (Lipinski definition) is 2. The molecule has 4 atom stereocenters. The highest BCUT2D eigenvalue weighted by atomic mass is 35.5. The van der Waals surface area contributed by atoms with E-state index in [1.165, 1.54) is 31.4 Å². The maximum atomic E-state index is 12.2. The number of nitrogens with zero attached hydrogens (tertiary/aromatic N) is 1. The van der Waals surface area contributed by atoms with Crippen LogP contribution in [0, 0.1) is 27.9 Å². The molecule has 7 nitrogen and oxygen atoms in total. The second-order valence-corrected chi connectivity index (χ2v) is 7.38. The van der Waals surface area contributed by atoms with Crippen LogP contribution >= 0.6 is 11.6 Å². The first-order chi connectivity index (χ1) is 11.8. The summed E-state index contributed by atoms with van der Waals surface area (Å²) in [7, 11) is 0. The standard InChI is InChI=1S/C17H20ClN3O4/c1-9(13-7-10-2-3-11(13)6-10)19-16(22)17(23)20-15-8-12(21(24)25)4-5-14(15)18/h4-5,8-11,13H,2-3,6-7H2,1H3,(H,19,22)(H,20,23). The minimum absolute atomic E-state index is 0.0450. The molecule has 2 N–H and O–H groups in total. The fourth-order valence-corrected chi connectivity index (χ4v) is 4.35. The second kappa shape index (κ2) is 7.00. The molecule has 0 heterocycles. The molecule has 2 saturated carbocycles.